The maximum absolute atomic E-state index is 12.7. The predicted molar refractivity (Wildman–Crippen MR) is 94.7 cm³/mol. The molecule has 8 heteroatoms. The summed E-state index contributed by atoms with van der Waals surface area (Å²) in [5.41, 5.74) is -0.207. The number of nitrogens with zero attached hydrogens (tertiary/aromatic N) is 1. The Morgan fingerprint density at radius 3 is 2.58 bits per heavy atom. The molecule has 0 aliphatic heterocycles. The Kier molecular flexibility index (Phi) is 7.29. The second-order valence-corrected chi connectivity index (χ2v) is 6.38. The van der Waals surface area contributed by atoms with E-state index in [9.17, 15) is 18.0 Å². The largest absolute Gasteiger partial charge is 0.416 e. The summed E-state index contributed by atoms with van der Waals surface area (Å²) < 4.78 is 38.2. The van der Waals surface area contributed by atoms with Gasteiger partial charge in [0.15, 0.2) is 5.96 Å². The summed E-state index contributed by atoms with van der Waals surface area (Å²) in [7, 11) is 1.54. The van der Waals surface area contributed by atoms with Crippen LogP contribution in [0, 0.1) is 0 Å². The van der Waals surface area contributed by atoms with E-state index >= 15 is 0 Å². The summed E-state index contributed by atoms with van der Waals surface area (Å²) >= 11 is 0. The van der Waals surface area contributed by atoms with Crippen molar-refractivity contribution in [2.45, 2.75) is 50.9 Å². The molecular weight excluding hydrogens is 345 g/mol. The highest BCUT2D eigenvalue weighted by Gasteiger charge is 2.30. The number of carbonyl (C=O) groups excluding carboxylic acids is 1. The van der Waals surface area contributed by atoms with Crippen molar-refractivity contribution in [2.75, 3.05) is 13.6 Å². The number of benzene rings is 1. The van der Waals surface area contributed by atoms with E-state index in [2.05, 4.69) is 20.9 Å². The molecule has 1 aliphatic carbocycles. The van der Waals surface area contributed by atoms with Crippen LogP contribution in [-0.4, -0.2) is 31.5 Å². The summed E-state index contributed by atoms with van der Waals surface area (Å²) in [6.45, 7) is 0.243. The van der Waals surface area contributed by atoms with Crippen molar-refractivity contribution >= 4 is 11.9 Å². The van der Waals surface area contributed by atoms with Gasteiger partial charge in [-0.05, 0) is 30.5 Å². The maximum atomic E-state index is 12.7. The van der Waals surface area contributed by atoms with Crippen molar-refractivity contribution in [2.24, 2.45) is 4.99 Å². The predicted octanol–water partition coefficient (Wildman–Crippen LogP) is 2.82. The Balaban J connectivity index is 1.78. The molecule has 0 unspecified atom stereocenters. The van der Waals surface area contributed by atoms with Gasteiger partial charge in [0.1, 0.15) is 0 Å². The molecule has 1 fully saturated rings. The summed E-state index contributed by atoms with van der Waals surface area (Å²) in [6, 6.07) is 5.33. The molecule has 1 aromatic carbocycles. The highest BCUT2D eigenvalue weighted by atomic mass is 19.4. The number of rotatable bonds is 5. The second-order valence-electron chi connectivity index (χ2n) is 6.38. The van der Waals surface area contributed by atoms with E-state index in [4.69, 9.17) is 0 Å². The van der Waals surface area contributed by atoms with Crippen LogP contribution in [0.15, 0.2) is 29.3 Å². The Morgan fingerprint density at radius 2 is 1.92 bits per heavy atom. The van der Waals surface area contributed by atoms with E-state index < -0.39 is 11.7 Å². The molecule has 1 saturated carbocycles. The van der Waals surface area contributed by atoms with Gasteiger partial charge in [-0.25, -0.2) is 0 Å². The number of alkyl halides is 3. The van der Waals surface area contributed by atoms with Gasteiger partial charge in [0.05, 0.1) is 12.1 Å². The Morgan fingerprint density at radius 1 is 1.19 bits per heavy atom. The van der Waals surface area contributed by atoms with E-state index in [-0.39, 0.29) is 25.0 Å². The molecule has 5 nitrogen and oxygen atoms in total. The van der Waals surface area contributed by atoms with Gasteiger partial charge >= 0.3 is 6.18 Å². The molecule has 0 atom stereocenters. The van der Waals surface area contributed by atoms with Crippen LogP contribution in [0.5, 0.6) is 0 Å². The van der Waals surface area contributed by atoms with Crippen LogP contribution in [0.25, 0.3) is 0 Å². The zero-order valence-corrected chi connectivity index (χ0v) is 14.8. The average molecular weight is 370 g/mol. The molecule has 0 aromatic heterocycles. The minimum atomic E-state index is -4.37. The molecule has 1 aliphatic rings. The summed E-state index contributed by atoms with van der Waals surface area (Å²) in [6.07, 6.45) is 1.14. The molecule has 2 rings (SSSR count). The van der Waals surface area contributed by atoms with Crippen LogP contribution in [0.2, 0.25) is 0 Å². The van der Waals surface area contributed by atoms with Crippen molar-refractivity contribution in [3.05, 3.63) is 35.4 Å². The molecule has 144 valence electrons. The SMILES string of the molecule is CN=C(NCC(=O)NC1CCCCC1)NCc1cccc(C(F)(F)F)c1. The first-order chi connectivity index (χ1) is 12.4. The van der Waals surface area contributed by atoms with Crippen LogP contribution in [-0.2, 0) is 17.5 Å². The minimum Gasteiger partial charge on any atom is -0.352 e. The van der Waals surface area contributed by atoms with Crippen molar-refractivity contribution in [1.29, 1.82) is 0 Å². The van der Waals surface area contributed by atoms with Gasteiger partial charge in [0.25, 0.3) is 0 Å². The zero-order chi connectivity index (χ0) is 19.0. The lowest BCUT2D eigenvalue weighted by atomic mass is 9.95. The Hall–Kier alpha value is -2.25. The number of carbonyl (C=O) groups is 1. The van der Waals surface area contributed by atoms with Crippen molar-refractivity contribution in [3.8, 4) is 0 Å². The normalized spacial score (nSPS) is 16.2. The molecule has 0 saturated heterocycles. The van der Waals surface area contributed by atoms with Crippen LogP contribution < -0.4 is 16.0 Å². The fourth-order valence-corrected chi connectivity index (χ4v) is 2.95. The Labute approximate surface area is 151 Å². The zero-order valence-electron chi connectivity index (χ0n) is 14.8. The molecule has 1 amide bonds. The molecule has 0 spiro atoms. The van der Waals surface area contributed by atoms with Gasteiger partial charge in [0.2, 0.25) is 5.91 Å². The number of guanidine groups is 1. The summed E-state index contributed by atoms with van der Waals surface area (Å²) in [4.78, 5) is 16.0. The smallest absolute Gasteiger partial charge is 0.352 e. The third-order valence-corrected chi connectivity index (χ3v) is 4.32. The number of aliphatic imine (C=N–C) groups is 1. The van der Waals surface area contributed by atoms with Gasteiger partial charge < -0.3 is 16.0 Å². The number of nitrogens with one attached hydrogen (secondary N) is 3. The summed E-state index contributed by atoms with van der Waals surface area (Å²) in [5, 5.41) is 8.78. The monoisotopic (exact) mass is 370 g/mol. The molecule has 0 bridgehead atoms. The van der Waals surface area contributed by atoms with Gasteiger partial charge in [0, 0.05) is 19.6 Å². The number of hydrogen-bond acceptors (Lipinski definition) is 2. The topological polar surface area (TPSA) is 65.5 Å². The number of hydrogen-bond donors (Lipinski definition) is 3. The third-order valence-electron chi connectivity index (χ3n) is 4.32. The van der Waals surface area contributed by atoms with Crippen LogP contribution >= 0.6 is 0 Å². The Bertz CT molecular complexity index is 625. The average Bonchev–Trinajstić information content (AvgIpc) is 2.62. The highest BCUT2D eigenvalue weighted by Crippen LogP contribution is 2.29. The van der Waals surface area contributed by atoms with Crippen LogP contribution in [0.4, 0.5) is 13.2 Å². The van der Waals surface area contributed by atoms with Crippen molar-refractivity contribution < 1.29 is 18.0 Å². The van der Waals surface area contributed by atoms with E-state index in [0.717, 1.165) is 37.8 Å². The number of amides is 1. The first-order valence-electron chi connectivity index (χ1n) is 8.78. The summed E-state index contributed by atoms with van der Waals surface area (Å²) in [5.74, 6) is 0.250. The van der Waals surface area contributed by atoms with E-state index in [1.165, 1.54) is 12.5 Å². The lowest BCUT2D eigenvalue weighted by molar-refractivity contribution is -0.137. The molecule has 0 radical (unpaired) electrons. The fraction of sp³-hybridized carbons (Fsp3) is 0.556. The first-order valence-corrected chi connectivity index (χ1v) is 8.78. The van der Waals surface area contributed by atoms with E-state index in [1.807, 2.05) is 0 Å². The molecular formula is C18H25F3N4O. The van der Waals surface area contributed by atoms with Gasteiger partial charge in [-0.2, -0.15) is 13.2 Å². The van der Waals surface area contributed by atoms with Gasteiger partial charge in [-0.3, -0.25) is 9.79 Å². The van der Waals surface area contributed by atoms with Crippen LogP contribution in [0.1, 0.15) is 43.2 Å². The maximum Gasteiger partial charge on any atom is 0.416 e. The lowest BCUT2D eigenvalue weighted by Gasteiger charge is -2.23. The van der Waals surface area contributed by atoms with Gasteiger partial charge in [-0.1, -0.05) is 31.4 Å². The lowest BCUT2D eigenvalue weighted by Crippen LogP contribution is -2.45. The standard InChI is InChI=1S/C18H25F3N4O/c1-22-17(24-12-16(26)25-15-8-3-2-4-9-15)23-11-13-6-5-7-14(10-13)18(19,20)21/h5-7,10,15H,2-4,8-9,11-12H2,1H3,(H,25,26)(H2,22,23,24). The van der Waals surface area contributed by atoms with Crippen molar-refractivity contribution in [1.82, 2.24) is 16.0 Å². The fourth-order valence-electron chi connectivity index (χ4n) is 2.95. The highest BCUT2D eigenvalue weighted by molar-refractivity contribution is 5.86. The second kappa shape index (κ2) is 9.45. The van der Waals surface area contributed by atoms with Gasteiger partial charge in [-0.15, -0.1) is 0 Å². The molecule has 26 heavy (non-hydrogen) atoms. The molecule has 0 heterocycles. The number of halogens is 3. The minimum absolute atomic E-state index is 0.0682. The quantitative estimate of drug-likeness (QED) is 0.552. The third kappa shape index (κ3) is 6.57. The molecule has 3 N–H and O–H groups in total. The van der Waals surface area contributed by atoms with E-state index in [0.29, 0.717) is 11.5 Å². The van der Waals surface area contributed by atoms with E-state index in [1.54, 1.807) is 13.1 Å². The van der Waals surface area contributed by atoms with Crippen LogP contribution in [0.3, 0.4) is 0 Å². The van der Waals surface area contributed by atoms with Crippen molar-refractivity contribution in [3.63, 3.8) is 0 Å². The first kappa shape index (κ1) is 20.1. The molecule has 1 aromatic rings.